The van der Waals surface area contributed by atoms with Gasteiger partial charge in [0, 0.05) is 16.5 Å². The van der Waals surface area contributed by atoms with Gasteiger partial charge in [0.25, 0.3) is 0 Å². The lowest BCUT2D eigenvalue weighted by Gasteiger charge is -2.31. The highest BCUT2D eigenvalue weighted by molar-refractivity contribution is 5.90. The molecule has 0 N–H and O–H groups in total. The number of carbonyl (C=O) groups excluding carboxylic acids is 2. The smallest absolute Gasteiger partial charge is 0.0718 e. The second-order valence-corrected chi connectivity index (χ2v) is 5.29. The van der Waals surface area contributed by atoms with Crippen LogP contribution in [-0.2, 0) is 5.41 Å². The molecule has 0 fully saturated rings. The number of hydrogen-bond donors (Lipinski definition) is 0. The van der Waals surface area contributed by atoms with E-state index in [4.69, 9.17) is 0 Å². The van der Waals surface area contributed by atoms with E-state index in [0.29, 0.717) is 11.1 Å². The second kappa shape index (κ2) is 5.40. The summed E-state index contributed by atoms with van der Waals surface area (Å²) in [4.78, 5) is 22.6. The van der Waals surface area contributed by atoms with Crippen molar-refractivity contribution in [3.8, 4) is 0 Å². The van der Waals surface area contributed by atoms with Crippen LogP contribution < -0.4 is 10.2 Å². The standard InChI is InChI=1S/C17H16O4/c1-17(2,13-9-5-3-7-11(13)15(18)19)14-10-6-4-8-12(14)16(20)21/h3-10H,1-2H3,(H,18,19)(H,20,21)/p-2. The normalized spacial score (nSPS) is 11.1. The number of carboxylic acid groups (broad SMARTS) is 2. The molecule has 108 valence electrons. The van der Waals surface area contributed by atoms with Crippen molar-refractivity contribution in [3.05, 3.63) is 70.8 Å². The van der Waals surface area contributed by atoms with Crippen molar-refractivity contribution >= 4 is 11.9 Å². The molecule has 0 aromatic heterocycles. The van der Waals surface area contributed by atoms with Gasteiger partial charge < -0.3 is 19.8 Å². The molecule has 4 nitrogen and oxygen atoms in total. The molecule has 0 heterocycles. The first-order chi connectivity index (χ1) is 9.85. The maximum absolute atomic E-state index is 11.3. The Balaban J connectivity index is 2.69. The SMILES string of the molecule is CC(C)(c1ccccc1C(=O)[O-])c1ccccc1C(=O)[O-]. The summed E-state index contributed by atoms with van der Waals surface area (Å²) in [5.41, 5.74) is 0.288. The van der Waals surface area contributed by atoms with E-state index in [9.17, 15) is 19.8 Å². The lowest BCUT2D eigenvalue weighted by molar-refractivity contribution is -0.256. The van der Waals surface area contributed by atoms with Crippen molar-refractivity contribution in [1.82, 2.24) is 0 Å². The topological polar surface area (TPSA) is 80.3 Å². The fourth-order valence-corrected chi connectivity index (χ4v) is 2.56. The predicted octanol–water partition coefficient (Wildman–Crippen LogP) is 0.739. The van der Waals surface area contributed by atoms with Crippen LogP contribution in [0.3, 0.4) is 0 Å². The fourth-order valence-electron chi connectivity index (χ4n) is 2.56. The first kappa shape index (κ1) is 14.8. The van der Waals surface area contributed by atoms with E-state index < -0.39 is 17.4 Å². The molecule has 0 saturated heterocycles. The van der Waals surface area contributed by atoms with E-state index in [0.717, 1.165) is 0 Å². The third kappa shape index (κ3) is 2.65. The highest BCUT2D eigenvalue weighted by Gasteiger charge is 2.28. The fraction of sp³-hybridized carbons (Fsp3) is 0.176. The Morgan fingerprint density at radius 3 is 1.43 bits per heavy atom. The number of carboxylic acids is 2. The molecule has 0 atom stereocenters. The number of carbonyl (C=O) groups is 2. The minimum atomic E-state index is -1.29. The molecular formula is C17H14O4-2. The summed E-state index contributed by atoms with van der Waals surface area (Å²) in [7, 11) is 0. The van der Waals surface area contributed by atoms with Gasteiger partial charge in [-0.25, -0.2) is 0 Å². The molecule has 2 rings (SSSR count). The van der Waals surface area contributed by atoms with Crippen molar-refractivity contribution in [2.24, 2.45) is 0 Å². The van der Waals surface area contributed by atoms with E-state index in [2.05, 4.69) is 0 Å². The van der Waals surface area contributed by atoms with Crippen LogP contribution in [0.2, 0.25) is 0 Å². The van der Waals surface area contributed by atoms with Gasteiger partial charge in [0.05, 0.1) is 11.9 Å². The Kier molecular flexibility index (Phi) is 3.80. The molecule has 0 amide bonds. The van der Waals surface area contributed by atoms with Gasteiger partial charge in [-0.15, -0.1) is 0 Å². The minimum Gasteiger partial charge on any atom is -0.545 e. The van der Waals surface area contributed by atoms with Gasteiger partial charge in [0.15, 0.2) is 0 Å². The van der Waals surface area contributed by atoms with Crippen molar-refractivity contribution in [2.45, 2.75) is 19.3 Å². The quantitative estimate of drug-likeness (QED) is 0.828. The Morgan fingerprint density at radius 2 is 1.10 bits per heavy atom. The lowest BCUT2D eigenvalue weighted by atomic mass is 9.74. The van der Waals surface area contributed by atoms with Gasteiger partial charge >= 0.3 is 0 Å². The Bertz CT molecular complexity index is 642. The highest BCUT2D eigenvalue weighted by atomic mass is 16.4. The summed E-state index contributed by atoms with van der Waals surface area (Å²) in [6.45, 7) is 3.55. The van der Waals surface area contributed by atoms with Gasteiger partial charge in [0.1, 0.15) is 0 Å². The highest BCUT2D eigenvalue weighted by Crippen LogP contribution is 2.35. The minimum absolute atomic E-state index is 0.0515. The van der Waals surface area contributed by atoms with E-state index >= 15 is 0 Å². The molecule has 2 aromatic rings. The summed E-state index contributed by atoms with van der Waals surface area (Å²) in [6, 6.07) is 12.9. The van der Waals surface area contributed by atoms with Crippen molar-refractivity contribution in [2.75, 3.05) is 0 Å². The zero-order chi connectivity index (χ0) is 15.6. The van der Waals surface area contributed by atoms with E-state index in [1.165, 1.54) is 12.1 Å². The maximum Gasteiger partial charge on any atom is 0.0718 e. The van der Waals surface area contributed by atoms with Gasteiger partial charge in [-0.3, -0.25) is 0 Å². The van der Waals surface area contributed by atoms with Crippen LogP contribution in [0.15, 0.2) is 48.5 Å². The summed E-state index contributed by atoms with van der Waals surface area (Å²) in [5.74, 6) is -2.57. The molecule has 0 bridgehead atoms. The van der Waals surface area contributed by atoms with Crippen LogP contribution in [0.4, 0.5) is 0 Å². The third-order valence-corrected chi connectivity index (χ3v) is 3.64. The van der Waals surface area contributed by atoms with Gasteiger partial charge in [-0.1, -0.05) is 62.4 Å². The molecule has 0 spiro atoms. The van der Waals surface area contributed by atoms with Crippen LogP contribution in [0.25, 0.3) is 0 Å². The zero-order valence-electron chi connectivity index (χ0n) is 11.8. The molecule has 0 saturated carbocycles. The molecule has 0 aliphatic carbocycles. The Hall–Kier alpha value is -2.62. The molecule has 0 aliphatic rings. The molecule has 4 heteroatoms. The average molecular weight is 282 g/mol. The maximum atomic E-state index is 11.3. The summed E-state index contributed by atoms with van der Waals surface area (Å²) in [5, 5.41) is 22.6. The molecule has 21 heavy (non-hydrogen) atoms. The van der Waals surface area contributed by atoms with E-state index in [-0.39, 0.29) is 11.1 Å². The number of rotatable bonds is 4. The van der Waals surface area contributed by atoms with Crippen LogP contribution in [0.5, 0.6) is 0 Å². The predicted molar refractivity (Wildman–Crippen MR) is 73.7 cm³/mol. The second-order valence-electron chi connectivity index (χ2n) is 5.29. The molecule has 0 unspecified atom stereocenters. The summed E-state index contributed by atoms with van der Waals surface area (Å²) in [6.07, 6.45) is 0. The first-order valence-corrected chi connectivity index (χ1v) is 6.47. The van der Waals surface area contributed by atoms with Crippen molar-refractivity contribution in [3.63, 3.8) is 0 Å². The zero-order valence-corrected chi connectivity index (χ0v) is 11.8. The largest absolute Gasteiger partial charge is 0.545 e. The van der Waals surface area contributed by atoms with Crippen molar-refractivity contribution < 1.29 is 19.8 Å². The first-order valence-electron chi connectivity index (χ1n) is 6.47. The van der Waals surface area contributed by atoms with Crippen molar-refractivity contribution in [1.29, 1.82) is 0 Å². The van der Waals surface area contributed by atoms with E-state index in [1.807, 2.05) is 0 Å². The molecule has 0 radical (unpaired) electrons. The Morgan fingerprint density at radius 1 is 0.762 bits per heavy atom. The number of aromatic carboxylic acids is 2. The number of hydrogen-bond acceptors (Lipinski definition) is 4. The van der Waals surface area contributed by atoms with Crippen LogP contribution in [-0.4, -0.2) is 11.9 Å². The van der Waals surface area contributed by atoms with Gasteiger partial charge in [0.2, 0.25) is 0 Å². The van der Waals surface area contributed by atoms with Crippen LogP contribution >= 0.6 is 0 Å². The Labute approximate surface area is 122 Å². The summed E-state index contributed by atoms with van der Waals surface area (Å²) >= 11 is 0. The molecule has 0 aliphatic heterocycles. The van der Waals surface area contributed by atoms with Crippen LogP contribution in [0, 0.1) is 0 Å². The van der Waals surface area contributed by atoms with Gasteiger partial charge in [-0.05, 0) is 11.1 Å². The van der Waals surface area contributed by atoms with E-state index in [1.54, 1.807) is 50.2 Å². The third-order valence-electron chi connectivity index (χ3n) is 3.64. The molecular weight excluding hydrogens is 268 g/mol. The summed E-state index contributed by atoms with van der Waals surface area (Å²) < 4.78 is 0. The lowest BCUT2D eigenvalue weighted by Crippen LogP contribution is -2.32. The monoisotopic (exact) mass is 282 g/mol. The number of benzene rings is 2. The average Bonchev–Trinajstić information content (AvgIpc) is 2.47. The van der Waals surface area contributed by atoms with Gasteiger partial charge in [-0.2, -0.15) is 0 Å². The van der Waals surface area contributed by atoms with Crippen LogP contribution in [0.1, 0.15) is 45.7 Å². The molecule has 2 aromatic carbocycles.